The number of hydrogen-bond acceptors (Lipinski definition) is 8. The van der Waals surface area contributed by atoms with Gasteiger partial charge in [0.25, 0.3) is 0 Å². The number of pyridine rings is 1. The van der Waals surface area contributed by atoms with E-state index in [1.165, 1.54) is 11.8 Å². The summed E-state index contributed by atoms with van der Waals surface area (Å²) < 4.78 is 1.74. The zero-order valence-corrected chi connectivity index (χ0v) is 15.4. The van der Waals surface area contributed by atoms with Crippen LogP contribution in [0.1, 0.15) is 18.0 Å². The fraction of sp³-hybridized carbons (Fsp3) is 0.308. The average Bonchev–Trinajstić information content (AvgIpc) is 2.89. The van der Waals surface area contributed by atoms with Crippen molar-refractivity contribution in [3.8, 4) is 0 Å². The molecule has 0 aliphatic rings. The van der Waals surface area contributed by atoms with Crippen LogP contribution in [-0.2, 0) is 0 Å². The smallest absolute Gasteiger partial charge is 0.229 e. The predicted molar refractivity (Wildman–Crippen MR) is 95.8 cm³/mol. The molecule has 0 bridgehead atoms. The van der Waals surface area contributed by atoms with Gasteiger partial charge in [0, 0.05) is 20.3 Å². The van der Waals surface area contributed by atoms with Gasteiger partial charge in [-0.2, -0.15) is 15.0 Å². The minimum Gasteiger partial charge on any atom is -0.368 e. The molecule has 0 saturated carbocycles. The fourth-order valence-corrected chi connectivity index (χ4v) is 3.35. The molecule has 24 heavy (non-hydrogen) atoms. The van der Waals surface area contributed by atoms with Crippen LogP contribution in [-0.4, -0.2) is 43.6 Å². The van der Waals surface area contributed by atoms with Gasteiger partial charge in [0.2, 0.25) is 11.9 Å². The van der Waals surface area contributed by atoms with E-state index >= 15 is 0 Å². The molecular weight excluding hydrogens is 371 g/mol. The first-order valence-corrected chi connectivity index (χ1v) is 8.54. The first kappa shape index (κ1) is 17.0. The summed E-state index contributed by atoms with van der Waals surface area (Å²) in [6.07, 6.45) is 1.71. The van der Waals surface area contributed by atoms with Crippen LogP contribution in [0.5, 0.6) is 0 Å². The number of thioether (sulfide) groups is 1. The lowest BCUT2D eigenvalue weighted by Gasteiger charge is -2.14. The molecule has 11 heteroatoms. The van der Waals surface area contributed by atoms with Crippen molar-refractivity contribution in [1.29, 1.82) is 0 Å². The predicted octanol–water partition coefficient (Wildman–Crippen LogP) is 2.72. The second-order valence-corrected chi connectivity index (χ2v) is 7.34. The number of anilines is 2. The molecule has 1 atom stereocenters. The Bertz CT molecular complexity index is 897. The van der Waals surface area contributed by atoms with Crippen LogP contribution in [0.2, 0.25) is 10.0 Å². The van der Waals surface area contributed by atoms with E-state index in [0.29, 0.717) is 32.6 Å². The molecule has 0 saturated heterocycles. The number of hydrogen-bond donors (Lipinski definition) is 1. The van der Waals surface area contributed by atoms with Crippen molar-refractivity contribution in [3.63, 3.8) is 0 Å². The summed E-state index contributed by atoms with van der Waals surface area (Å²) in [5.74, 6) is 1.23. The zero-order chi connectivity index (χ0) is 17.4. The summed E-state index contributed by atoms with van der Waals surface area (Å²) in [6, 6.07) is 1.63. The van der Waals surface area contributed by atoms with E-state index in [2.05, 4.69) is 25.1 Å². The Morgan fingerprint density at radius 2 is 1.96 bits per heavy atom. The number of rotatable bonds is 4. The van der Waals surface area contributed by atoms with Crippen LogP contribution in [0.25, 0.3) is 5.65 Å². The number of nitrogens with zero attached hydrogens (tertiary/aromatic N) is 7. The monoisotopic (exact) mass is 384 g/mol. The lowest BCUT2D eigenvalue weighted by Crippen LogP contribution is -2.16. The van der Waals surface area contributed by atoms with Crippen molar-refractivity contribution < 1.29 is 0 Å². The molecule has 3 aromatic heterocycles. The molecule has 0 spiro atoms. The molecule has 3 rings (SSSR count). The Balaban J connectivity index is 1.94. The van der Waals surface area contributed by atoms with Gasteiger partial charge in [-0.3, -0.25) is 4.40 Å². The van der Waals surface area contributed by atoms with E-state index in [1.54, 1.807) is 21.6 Å². The van der Waals surface area contributed by atoms with Gasteiger partial charge in [0.15, 0.2) is 10.8 Å². The molecule has 0 radical (unpaired) electrons. The van der Waals surface area contributed by atoms with Crippen molar-refractivity contribution in [2.45, 2.75) is 17.3 Å². The van der Waals surface area contributed by atoms with Crippen molar-refractivity contribution in [1.82, 2.24) is 29.5 Å². The molecule has 3 aromatic rings. The van der Waals surface area contributed by atoms with Gasteiger partial charge in [0.05, 0.1) is 15.3 Å². The van der Waals surface area contributed by atoms with E-state index < -0.39 is 0 Å². The number of aromatic nitrogens is 6. The Morgan fingerprint density at radius 3 is 2.67 bits per heavy atom. The SMILES string of the molecule is CC(Sc1nnc2c(Cl)cc(Cl)cn12)c1nc(N)nc(N(C)C)n1. The largest absolute Gasteiger partial charge is 0.368 e. The molecule has 1 unspecified atom stereocenters. The summed E-state index contributed by atoms with van der Waals surface area (Å²) in [5.41, 5.74) is 6.31. The standard InChI is InChI=1S/C13H14Cl2N8S/c1-6(9-17-11(16)19-12(18-9)22(2)3)24-13-21-20-10-8(15)4-7(14)5-23(10)13/h4-6H,1-3H3,(H2,16,17,18,19). The first-order chi connectivity index (χ1) is 11.3. The quantitative estimate of drug-likeness (QED) is 0.685. The van der Waals surface area contributed by atoms with Crippen molar-refractivity contribution >= 4 is 52.5 Å². The van der Waals surface area contributed by atoms with Gasteiger partial charge in [0.1, 0.15) is 5.82 Å². The van der Waals surface area contributed by atoms with Crippen LogP contribution in [0, 0.1) is 0 Å². The number of nitrogen functional groups attached to an aromatic ring is 1. The second kappa shape index (κ2) is 6.58. The highest BCUT2D eigenvalue weighted by molar-refractivity contribution is 7.99. The molecule has 0 aliphatic heterocycles. The van der Waals surface area contributed by atoms with Gasteiger partial charge in [-0.25, -0.2) is 0 Å². The van der Waals surface area contributed by atoms with Gasteiger partial charge >= 0.3 is 0 Å². The van der Waals surface area contributed by atoms with Gasteiger partial charge in [-0.15, -0.1) is 10.2 Å². The highest BCUT2D eigenvalue weighted by Crippen LogP contribution is 2.34. The van der Waals surface area contributed by atoms with Crippen LogP contribution in [0.4, 0.5) is 11.9 Å². The molecule has 8 nitrogen and oxygen atoms in total. The summed E-state index contributed by atoms with van der Waals surface area (Å²) in [6.45, 7) is 1.95. The maximum atomic E-state index is 6.13. The molecule has 0 fully saturated rings. The highest BCUT2D eigenvalue weighted by Gasteiger charge is 2.18. The molecule has 2 N–H and O–H groups in total. The minimum atomic E-state index is -0.126. The molecule has 0 aliphatic carbocycles. The summed E-state index contributed by atoms with van der Waals surface area (Å²) in [5, 5.41) is 9.69. The Morgan fingerprint density at radius 1 is 1.21 bits per heavy atom. The normalized spacial score (nSPS) is 12.5. The maximum absolute atomic E-state index is 6.13. The molecule has 126 valence electrons. The topological polar surface area (TPSA) is 98.1 Å². The Kier molecular flexibility index (Phi) is 4.66. The van der Waals surface area contributed by atoms with Gasteiger partial charge in [-0.1, -0.05) is 35.0 Å². The Hall–Kier alpha value is -1.84. The molecule has 0 amide bonds. The molecular formula is C13H14Cl2N8S. The lowest BCUT2D eigenvalue weighted by atomic mass is 10.4. The summed E-state index contributed by atoms with van der Waals surface area (Å²) >= 11 is 13.6. The van der Waals surface area contributed by atoms with E-state index in [9.17, 15) is 0 Å². The highest BCUT2D eigenvalue weighted by atomic mass is 35.5. The molecule has 3 heterocycles. The Labute approximate surface area is 152 Å². The van der Waals surface area contributed by atoms with Crippen LogP contribution in [0.15, 0.2) is 17.4 Å². The van der Waals surface area contributed by atoms with Crippen LogP contribution >= 0.6 is 35.0 Å². The first-order valence-electron chi connectivity index (χ1n) is 6.90. The van der Waals surface area contributed by atoms with Crippen LogP contribution < -0.4 is 10.6 Å². The zero-order valence-electron chi connectivity index (χ0n) is 13.1. The third-order valence-corrected chi connectivity index (χ3v) is 4.64. The number of nitrogens with two attached hydrogens (primary N) is 1. The van der Waals surface area contributed by atoms with Gasteiger partial charge in [-0.05, 0) is 13.0 Å². The third-order valence-electron chi connectivity index (χ3n) is 3.10. The number of fused-ring (bicyclic) bond motifs is 1. The van der Waals surface area contributed by atoms with E-state index in [1.807, 2.05) is 21.0 Å². The summed E-state index contributed by atoms with van der Waals surface area (Å²) in [7, 11) is 3.68. The van der Waals surface area contributed by atoms with Crippen LogP contribution in [0.3, 0.4) is 0 Å². The van der Waals surface area contributed by atoms with E-state index in [4.69, 9.17) is 28.9 Å². The third kappa shape index (κ3) is 3.33. The van der Waals surface area contributed by atoms with Crippen molar-refractivity contribution in [3.05, 3.63) is 28.1 Å². The number of halogens is 2. The summed E-state index contributed by atoms with van der Waals surface area (Å²) in [4.78, 5) is 14.5. The second-order valence-electron chi connectivity index (χ2n) is 5.19. The fourth-order valence-electron chi connectivity index (χ4n) is 1.97. The van der Waals surface area contributed by atoms with Crippen molar-refractivity contribution in [2.24, 2.45) is 0 Å². The van der Waals surface area contributed by atoms with E-state index in [-0.39, 0.29) is 11.2 Å². The molecule has 0 aromatic carbocycles. The minimum absolute atomic E-state index is 0.126. The average molecular weight is 385 g/mol. The van der Waals surface area contributed by atoms with Crippen molar-refractivity contribution in [2.75, 3.05) is 24.7 Å². The lowest BCUT2D eigenvalue weighted by molar-refractivity contribution is 0.852. The van der Waals surface area contributed by atoms with Gasteiger partial charge < -0.3 is 10.6 Å². The van der Waals surface area contributed by atoms with E-state index in [0.717, 1.165) is 0 Å². The maximum Gasteiger partial charge on any atom is 0.229 e.